The maximum absolute atomic E-state index is 13.4. The Labute approximate surface area is 200 Å². The van der Waals surface area contributed by atoms with Crippen LogP contribution in [0.5, 0.6) is 11.5 Å². The normalized spacial score (nSPS) is 10.6. The van der Waals surface area contributed by atoms with Crippen LogP contribution in [0.2, 0.25) is 5.02 Å². The Morgan fingerprint density at radius 2 is 2.00 bits per heavy atom. The third-order valence-electron chi connectivity index (χ3n) is 4.88. The maximum Gasteiger partial charge on any atom is 0.247 e. The van der Waals surface area contributed by atoms with Crippen molar-refractivity contribution in [2.45, 2.75) is 6.61 Å². The van der Waals surface area contributed by atoms with Crippen LogP contribution in [-0.4, -0.2) is 23.0 Å². The van der Waals surface area contributed by atoms with Crippen LogP contribution >= 0.6 is 11.6 Å². The van der Waals surface area contributed by atoms with Gasteiger partial charge in [0, 0.05) is 17.1 Å². The van der Waals surface area contributed by atoms with Crippen LogP contribution in [0.15, 0.2) is 73.6 Å². The molecule has 172 valence electrons. The summed E-state index contributed by atoms with van der Waals surface area (Å²) in [6.07, 6.45) is 2.59. The fourth-order valence-corrected chi connectivity index (χ4v) is 3.49. The van der Waals surface area contributed by atoms with Gasteiger partial charge in [-0.3, -0.25) is 4.79 Å². The zero-order chi connectivity index (χ0) is 24.1. The van der Waals surface area contributed by atoms with Gasteiger partial charge in [-0.2, -0.15) is 0 Å². The summed E-state index contributed by atoms with van der Waals surface area (Å²) in [5, 5.41) is 6.96. The van der Waals surface area contributed by atoms with Gasteiger partial charge in [0.15, 0.2) is 0 Å². The number of carbonyl (C=O) groups excluding carboxylic acids is 1. The van der Waals surface area contributed by atoms with E-state index in [2.05, 4.69) is 27.2 Å². The predicted molar refractivity (Wildman–Crippen MR) is 130 cm³/mol. The quantitative estimate of drug-likeness (QED) is 0.308. The van der Waals surface area contributed by atoms with E-state index < -0.39 is 0 Å². The second-order valence-corrected chi connectivity index (χ2v) is 7.58. The monoisotopic (exact) mass is 478 g/mol. The van der Waals surface area contributed by atoms with E-state index in [1.165, 1.54) is 31.6 Å². The Balaban J connectivity index is 1.58. The van der Waals surface area contributed by atoms with E-state index in [0.717, 1.165) is 0 Å². The van der Waals surface area contributed by atoms with Gasteiger partial charge in [-0.1, -0.05) is 30.3 Å². The van der Waals surface area contributed by atoms with E-state index in [-0.39, 0.29) is 18.3 Å². The zero-order valence-electron chi connectivity index (χ0n) is 18.1. The highest BCUT2D eigenvalue weighted by atomic mass is 35.5. The smallest absolute Gasteiger partial charge is 0.247 e. The van der Waals surface area contributed by atoms with Crippen LogP contribution in [-0.2, 0) is 11.4 Å². The molecule has 1 aromatic heterocycles. The van der Waals surface area contributed by atoms with E-state index in [9.17, 15) is 9.18 Å². The minimum absolute atomic E-state index is 0.182. The first kappa shape index (κ1) is 23.0. The minimum atomic E-state index is -0.371. The largest absolute Gasteiger partial charge is 0.494 e. The second-order valence-electron chi connectivity index (χ2n) is 7.17. The number of nitrogens with one attached hydrogen (secondary N) is 2. The van der Waals surface area contributed by atoms with Gasteiger partial charge in [-0.15, -0.1) is 0 Å². The number of amides is 1. The molecule has 0 bridgehead atoms. The van der Waals surface area contributed by atoms with Crippen LogP contribution in [0, 0.1) is 5.82 Å². The maximum atomic E-state index is 13.4. The van der Waals surface area contributed by atoms with Crippen LogP contribution in [0.3, 0.4) is 0 Å². The zero-order valence-corrected chi connectivity index (χ0v) is 18.9. The van der Waals surface area contributed by atoms with Crippen molar-refractivity contribution in [1.82, 2.24) is 9.97 Å². The number of hydrogen-bond acceptors (Lipinski definition) is 6. The molecule has 0 spiro atoms. The van der Waals surface area contributed by atoms with Gasteiger partial charge >= 0.3 is 0 Å². The number of rotatable bonds is 8. The fourth-order valence-electron chi connectivity index (χ4n) is 3.25. The number of fused-ring (bicyclic) bond motifs is 1. The van der Waals surface area contributed by atoms with E-state index in [4.69, 9.17) is 21.1 Å². The number of ether oxygens (including phenoxy) is 2. The summed E-state index contributed by atoms with van der Waals surface area (Å²) >= 11 is 6.40. The predicted octanol–water partition coefficient (Wildman–Crippen LogP) is 5.88. The van der Waals surface area contributed by atoms with E-state index in [0.29, 0.717) is 50.2 Å². The SMILES string of the molecule is C=CC(=O)Nc1cc2c(Nc3ccc(OCc4cccc(F)c4)c(Cl)c3)ncnc2cc1OC. The van der Waals surface area contributed by atoms with Crippen LogP contribution in [0.4, 0.5) is 21.6 Å². The van der Waals surface area contributed by atoms with Crippen LogP contribution in [0.1, 0.15) is 5.56 Å². The summed E-state index contributed by atoms with van der Waals surface area (Å²) in [6, 6.07) is 14.8. The van der Waals surface area contributed by atoms with Gasteiger partial charge in [0.05, 0.1) is 23.3 Å². The average Bonchev–Trinajstić information content (AvgIpc) is 2.83. The molecule has 0 unspecified atom stereocenters. The minimum Gasteiger partial charge on any atom is -0.494 e. The summed E-state index contributed by atoms with van der Waals surface area (Å²) in [5.41, 5.74) is 2.43. The first-order valence-corrected chi connectivity index (χ1v) is 10.5. The summed E-state index contributed by atoms with van der Waals surface area (Å²) in [7, 11) is 1.50. The lowest BCUT2D eigenvalue weighted by Crippen LogP contribution is -2.09. The highest BCUT2D eigenvalue weighted by Gasteiger charge is 2.13. The van der Waals surface area contributed by atoms with Crippen LogP contribution in [0.25, 0.3) is 10.9 Å². The third-order valence-corrected chi connectivity index (χ3v) is 5.17. The first-order chi connectivity index (χ1) is 16.5. The number of hydrogen-bond donors (Lipinski definition) is 2. The number of halogens is 2. The molecule has 0 saturated heterocycles. The molecular weight excluding hydrogens is 459 g/mol. The molecule has 34 heavy (non-hydrogen) atoms. The third kappa shape index (κ3) is 5.24. The Bertz CT molecular complexity index is 1380. The van der Waals surface area contributed by atoms with Gasteiger partial charge in [-0.25, -0.2) is 14.4 Å². The summed E-state index contributed by atoms with van der Waals surface area (Å²) in [6.45, 7) is 3.65. The summed E-state index contributed by atoms with van der Waals surface area (Å²) in [4.78, 5) is 20.4. The number of nitrogens with zero attached hydrogens (tertiary/aromatic N) is 2. The van der Waals surface area contributed by atoms with Gasteiger partial charge < -0.3 is 20.1 Å². The van der Waals surface area contributed by atoms with Crippen molar-refractivity contribution < 1.29 is 18.7 Å². The lowest BCUT2D eigenvalue weighted by atomic mass is 10.1. The Kier molecular flexibility index (Phi) is 6.89. The van der Waals surface area contributed by atoms with Crippen LogP contribution < -0.4 is 20.1 Å². The van der Waals surface area contributed by atoms with Crippen molar-refractivity contribution in [3.8, 4) is 11.5 Å². The topological polar surface area (TPSA) is 85.4 Å². The lowest BCUT2D eigenvalue weighted by Gasteiger charge is -2.14. The molecule has 7 nitrogen and oxygen atoms in total. The molecule has 4 aromatic rings. The Hall–Kier alpha value is -4.17. The summed E-state index contributed by atoms with van der Waals surface area (Å²) in [5.74, 6) is 0.725. The number of anilines is 3. The van der Waals surface area contributed by atoms with Gasteiger partial charge in [-0.05, 0) is 48.0 Å². The molecule has 0 aliphatic heterocycles. The van der Waals surface area contributed by atoms with Crippen molar-refractivity contribution in [3.63, 3.8) is 0 Å². The number of aromatic nitrogens is 2. The molecule has 4 rings (SSSR count). The highest BCUT2D eigenvalue weighted by molar-refractivity contribution is 6.32. The van der Waals surface area contributed by atoms with Gasteiger partial charge in [0.1, 0.15) is 36.1 Å². The Morgan fingerprint density at radius 3 is 2.74 bits per heavy atom. The molecule has 0 atom stereocenters. The van der Waals surface area contributed by atoms with Gasteiger partial charge in [0.2, 0.25) is 5.91 Å². The molecule has 0 radical (unpaired) electrons. The molecule has 1 heterocycles. The second kappa shape index (κ2) is 10.2. The summed E-state index contributed by atoms with van der Waals surface area (Å²) < 4.78 is 24.5. The van der Waals surface area contributed by atoms with Crippen molar-refractivity contribution in [2.75, 3.05) is 17.7 Å². The van der Waals surface area contributed by atoms with Crippen molar-refractivity contribution in [2.24, 2.45) is 0 Å². The average molecular weight is 479 g/mol. The van der Waals surface area contributed by atoms with E-state index >= 15 is 0 Å². The van der Waals surface area contributed by atoms with E-state index in [1.807, 2.05) is 0 Å². The molecule has 0 aliphatic carbocycles. The van der Waals surface area contributed by atoms with Crippen molar-refractivity contribution >= 4 is 45.6 Å². The molecule has 1 amide bonds. The number of benzene rings is 3. The highest BCUT2D eigenvalue weighted by Crippen LogP contribution is 2.34. The Morgan fingerprint density at radius 1 is 1.15 bits per heavy atom. The molecule has 3 aromatic carbocycles. The molecule has 0 aliphatic rings. The molecular formula is C25H20ClFN4O3. The first-order valence-electron chi connectivity index (χ1n) is 10.2. The van der Waals surface area contributed by atoms with Crippen molar-refractivity contribution in [1.29, 1.82) is 0 Å². The standard InChI is InChI=1S/C25H20ClFN4O3/c1-3-24(32)31-21-11-18-20(12-23(21)33-2)28-14-29-25(18)30-17-7-8-22(19(26)10-17)34-13-15-5-4-6-16(27)9-15/h3-12,14H,1,13H2,2H3,(H,31,32)(H,28,29,30). The molecule has 0 saturated carbocycles. The van der Waals surface area contributed by atoms with Gasteiger partial charge in [0.25, 0.3) is 0 Å². The molecule has 9 heteroatoms. The van der Waals surface area contributed by atoms with Crippen molar-refractivity contribution in [3.05, 3.63) is 90.0 Å². The number of methoxy groups -OCH3 is 1. The lowest BCUT2D eigenvalue weighted by molar-refractivity contribution is -0.111. The van der Waals surface area contributed by atoms with E-state index in [1.54, 1.807) is 42.5 Å². The molecule has 2 N–H and O–H groups in total. The molecule has 0 fully saturated rings. The fraction of sp³-hybridized carbons (Fsp3) is 0.0800. The number of carbonyl (C=O) groups is 1.